The van der Waals surface area contributed by atoms with Gasteiger partial charge in [0.15, 0.2) is 0 Å². The van der Waals surface area contributed by atoms with Crippen LogP contribution in [0.5, 0.6) is 5.75 Å². The second kappa shape index (κ2) is 11.0. The minimum absolute atomic E-state index is 0.122. The normalized spacial score (nSPS) is 12.2. The molecule has 0 atom stereocenters. The first kappa shape index (κ1) is 22.1. The fraction of sp³-hybridized carbons (Fsp3) is 0.292. The summed E-state index contributed by atoms with van der Waals surface area (Å²) in [6.07, 6.45) is 5.01. The fourth-order valence-corrected chi connectivity index (χ4v) is 3.18. The van der Waals surface area contributed by atoms with E-state index in [2.05, 4.69) is 10.1 Å². The molecule has 3 rings (SSSR count). The van der Waals surface area contributed by atoms with Gasteiger partial charge < -0.3 is 14.6 Å². The van der Waals surface area contributed by atoms with Crippen LogP contribution in [0.3, 0.4) is 0 Å². The van der Waals surface area contributed by atoms with Gasteiger partial charge in [0.25, 0.3) is 0 Å². The Hall–Kier alpha value is -3.61. The van der Waals surface area contributed by atoms with E-state index in [1.807, 2.05) is 66.2 Å². The Morgan fingerprint density at radius 3 is 2.71 bits per heavy atom. The Labute approximate surface area is 181 Å². The summed E-state index contributed by atoms with van der Waals surface area (Å²) in [6.45, 7) is 2.96. The number of rotatable bonds is 10. The predicted molar refractivity (Wildman–Crippen MR) is 120 cm³/mol. The van der Waals surface area contributed by atoms with Crippen LogP contribution in [0.15, 0.2) is 71.5 Å². The number of allylic oxidation sites excluding steroid dienone is 1. The minimum atomic E-state index is -0.799. The summed E-state index contributed by atoms with van der Waals surface area (Å²) in [5.41, 5.74) is 2.73. The van der Waals surface area contributed by atoms with Gasteiger partial charge in [0.1, 0.15) is 5.75 Å². The van der Waals surface area contributed by atoms with Crippen LogP contribution in [0.2, 0.25) is 0 Å². The number of aliphatic carboxylic acids is 1. The van der Waals surface area contributed by atoms with Crippen molar-refractivity contribution in [2.24, 2.45) is 4.99 Å². The first-order valence-electron chi connectivity index (χ1n) is 10.2. The smallest absolute Gasteiger partial charge is 0.303 e. The lowest BCUT2D eigenvalue weighted by molar-refractivity contribution is -0.137. The summed E-state index contributed by atoms with van der Waals surface area (Å²) in [7, 11) is 1.62. The molecule has 0 spiro atoms. The number of carbonyl (C=O) groups is 1. The van der Waals surface area contributed by atoms with Gasteiger partial charge in [-0.1, -0.05) is 24.3 Å². The number of aromatic nitrogens is 2. The standard InChI is InChI=1S/C24H27N3O4/c1-3-20(26-24(30-2)18-8-5-4-6-9-18)13-15-31-21-12-11-19-17-25-27(22(19)16-21)14-7-10-23(28)29/h3-6,8-9,11-12,16-17H,7,10,13-15H2,1-2H3,(H,28,29)/b20-3+,26-24?. The number of benzene rings is 2. The fourth-order valence-electron chi connectivity index (χ4n) is 3.18. The SMILES string of the molecule is C/C=C(\CCOc1ccc2cnn(CCCC(=O)O)c2c1)N=C(OC)c1ccccc1. The molecule has 0 bridgehead atoms. The number of aryl methyl sites for hydroxylation is 1. The summed E-state index contributed by atoms with van der Waals surface area (Å²) >= 11 is 0. The molecule has 0 aliphatic heterocycles. The Balaban J connectivity index is 1.62. The van der Waals surface area contributed by atoms with Crippen LogP contribution < -0.4 is 4.74 Å². The topological polar surface area (TPSA) is 85.9 Å². The van der Waals surface area contributed by atoms with Crippen molar-refractivity contribution in [3.8, 4) is 5.75 Å². The number of hydrogen-bond donors (Lipinski definition) is 1. The molecule has 0 fully saturated rings. The average molecular weight is 421 g/mol. The molecular weight excluding hydrogens is 394 g/mol. The predicted octanol–water partition coefficient (Wildman–Crippen LogP) is 4.67. The number of methoxy groups -OCH3 is 1. The van der Waals surface area contributed by atoms with E-state index < -0.39 is 5.97 Å². The molecule has 0 radical (unpaired) electrons. The van der Waals surface area contributed by atoms with Gasteiger partial charge in [-0.2, -0.15) is 5.10 Å². The molecule has 0 saturated carbocycles. The molecule has 7 heteroatoms. The highest BCUT2D eigenvalue weighted by Gasteiger charge is 2.07. The van der Waals surface area contributed by atoms with Crippen LogP contribution in [0.1, 0.15) is 31.7 Å². The maximum absolute atomic E-state index is 10.7. The van der Waals surface area contributed by atoms with E-state index in [1.165, 1.54) is 0 Å². The molecule has 3 aromatic rings. The van der Waals surface area contributed by atoms with Crippen molar-refractivity contribution in [3.63, 3.8) is 0 Å². The molecule has 7 nitrogen and oxygen atoms in total. The summed E-state index contributed by atoms with van der Waals surface area (Å²) < 4.78 is 13.2. The highest BCUT2D eigenvalue weighted by molar-refractivity contribution is 5.94. The van der Waals surface area contributed by atoms with Crippen LogP contribution in [0, 0.1) is 0 Å². The molecule has 0 aliphatic carbocycles. The minimum Gasteiger partial charge on any atom is -0.493 e. The zero-order valence-corrected chi connectivity index (χ0v) is 17.8. The van der Waals surface area contributed by atoms with E-state index in [1.54, 1.807) is 13.3 Å². The van der Waals surface area contributed by atoms with Gasteiger partial charge in [-0.3, -0.25) is 9.48 Å². The quantitative estimate of drug-likeness (QED) is 0.380. The number of hydrogen-bond acceptors (Lipinski definition) is 5. The highest BCUT2D eigenvalue weighted by Crippen LogP contribution is 2.22. The van der Waals surface area contributed by atoms with E-state index >= 15 is 0 Å². The molecule has 162 valence electrons. The van der Waals surface area contributed by atoms with Crippen LogP contribution in [-0.4, -0.2) is 40.5 Å². The Bertz CT molecular complexity index is 1070. The molecule has 1 heterocycles. The van der Waals surface area contributed by atoms with Gasteiger partial charge >= 0.3 is 5.97 Å². The van der Waals surface area contributed by atoms with Crippen molar-refractivity contribution < 1.29 is 19.4 Å². The molecule has 0 unspecified atom stereocenters. The van der Waals surface area contributed by atoms with Gasteiger partial charge in [0.05, 0.1) is 25.4 Å². The number of aliphatic imine (C=N–C) groups is 1. The Kier molecular flexibility index (Phi) is 7.81. The van der Waals surface area contributed by atoms with E-state index in [9.17, 15) is 4.79 Å². The third kappa shape index (κ3) is 6.18. The molecule has 31 heavy (non-hydrogen) atoms. The number of carboxylic acid groups (broad SMARTS) is 1. The van der Waals surface area contributed by atoms with Crippen molar-refractivity contribution in [1.29, 1.82) is 0 Å². The second-order valence-corrected chi connectivity index (χ2v) is 6.95. The van der Waals surface area contributed by atoms with Gasteiger partial charge in [0, 0.05) is 42.1 Å². The highest BCUT2D eigenvalue weighted by atomic mass is 16.5. The summed E-state index contributed by atoms with van der Waals surface area (Å²) in [6, 6.07) is 15.6. The van der Waals surface area contributed by atoms with Gasteiger partial charge in [-0.25, -0.2) is 4.99 Å². The lowest BCUT2D eigenvalue weighted by atomic mass is 10.2. The molecule has 2 aromatic carbocycles. The Morgan fingerprint density at radius 2 is 2.00 bits per heavy atom. The average Bonchev–Trinajstić information content (AvgIpc) is 3.19. The number of ether oxygens (including phenoxy) is 2. The maximum Gasteiger partial charge on any atom is 0.303 e. The third-order valence-corrected chi connectivity index (χ3v) is 4.80. The maximum atomic E-state index is 10.7. The molecule has 1 N–H and O–H groups in total. The van der Waals surface area contributed by atoms with E-state index in [-0.39, 0.29) is 6.42 Å². The summed E-state index contributed by atoms with van der Waals surface area (Å²) in [5.74, 6) is 0.508. The van der Waals surface area contributed by atoms with Gasteiger partial charge in [-0.05, 0) is 37.6 Å². The number of nitrogens with zero attached hydrogens (tertiary/aromatic N) is 3. The van der Waals surface area contributed by atoms with Crippen molar-refractivity contribution in [1.82, 2.24) is 9.78 Å². The summed E-state index contributed by atoms with van der Waals surface area (Å²) in [4.78, 5) is 15.4. The van der Waals surface area contributed by atoms with Gasteiger partial charge in [0.2, 0.25) is 5.90 Å². The Morgan fingerprint density at radius 1 is 1.19 bits per heavy atom. The van der Waals surface area contributed by atoms with E-state index in [0.717, 1.165) is 27.9 Å². The second-order valence-electron chi connectivity index (χ2n) is 6.95. The molecule has 0 saturated heterocycles. The first-order valence-corrected chi connectivity index (χ1v) is 10.2. The van der Waals surface area contributed by atoms with Crippen molar-refractivity contribution in [3.05, 3.63) is 72.1 Å². The number of carboxylic acids is 1. The van der Waals surface area contributed by atoms with Crippen molar-refractivity contribution in [2.75, 3.05) is 13.7 Å². The largest absolute Gasteiger partial charge is 0.493 e. The van der Waals surface area contributed by atoms with Crippen LogP contribution >= 0.6 is 0 Å². The van der Waals surface area contributed by atoms with Crippen LogP contribution in [0.25, 0.3) is 10.9 Å². The van der Waals surface area contributed by atoms with Gasteiger partial charge in [-0.15, -0.1) is 0 Å². The van der Waals surface area contributed by atoms with E-state index in [4.69, 9.17) is 14.6 Å². The van der Waals surface area contributed by atoms with Crippen molar-refractivity contribution >= 4 is 22.8 Å². The van der Waals surface area contributed by atoms with E-state index in [0.29, 0.717) is 31.9 Å². The summed E-state index contributed by atoms with van der Waals surface area (Å²) in [5, 5.41) is 14.2. The molecule has 0 aliphatic rings. The molecule has 1 aromatic heterocycles. The van der Waals surface area contributed by atoms with Crippen molar-refractivity contribution in [2.45, 2.75) is 32.7 Å². The zero-order chi connectivity index (χ0) is 22.1. The first-order chi connectivity index (χ1) is 15.1. The molecule has 0 amide bonds. The number of fused-ring (bicyclic) bond motifs is 1. The lowest BCUT2D eigenvalue weighted by Crippen LogP contribution is -2.06. The third-order valence-electron chi connectivity index (χ3n) is 4.80. The molecular formula is C24H27N3O4. The van der Waals surface area contributed by atoms with Crippen LogP contribution in [0.4, 0.5) is 0 Å². The van der Waals surface area contributed by atoms with Crippen LogP contribution in [-0.2, 0) is 16.1 Å². The monoisotopic (exact) mass is 421 g/mol. The zero-order valence-electron chi connectivity index (χ0n) is 17.8. The lowest BCUT2D eigenvalue weighted by Gasteiger charge is -2.10.